The van der Waals surface area contributed by atoms with Gasteiger partial charge >= 0.3 is 0 Å². The fraction of sp³-hybridized carbons (Fsp3) is 0.235. The molecule has 1 nitrogen and oxygen atoms in total. The summed E-state index contributed by atoms with van der Waals surface area (Å²) < 4.78 is 0.937. The second-order valence-electron chi connectivity index (χ2n) is 5.25. The van der Waals surface area contributed by atoms with E-state index < -0.39 is 0 Å². The standard InChI is InChI=1S/C17H14BrClO/c18-15-6-5-13(16(19)10-15)9-17(20)14-7-11-3-1-2-4-12(11)8-14/h1-6,10,14H,7-9H2. The predicted molar refractivity (Wildman–Crippen MR) is 85.2 cm³/mol. The van der Waals surface area contributed by atoms with E-state index in [9.17, 15) is 4.79 Å². The zero-order valence-corrected chi connectivity index (χ0v) is 13.2. The molecule has 20 heavy (non-hydrogen) atoms. The van der Waals surface area contributed by atoms with Crippen LogP contribution in [0.5, 0.6) is 0 Å². The van der Waals surface area contributed by atoms with Gasteiger partial charge in [-0.15, -0.1) is 0 Å². The number of Topliss-reactive ketones (excluding diaryl/α,β-unsaturated/α-hetero) is 1. The maximum atomic E-state index is 12.5. The van der Waals surface area contributed by atoms with E-state index in [4.69, 9.17) is 11.6 Å². The summed E-state index contributed by atoms with van der Waals surface area (Å²) in [5.41, 5.74) is 3.54. The first-order valence-corrected chi connectivity index (χ1v) is 7.84. The van der Waals surface area contributed by atoms with Crippen molar-refractivity contribution in [2.75, 3.05) is 0 Å². The lowest BCUT2D eigenvalue weighted by molar-refractivity contribution is -0.121. The quantitative estimate of drug-likeness (QED) is 0.789. The van der Waals surface area contributed by atoms with Crippen molar-refractivity contribution in [3.8, 4) is 0 Å². The molecule has 2 aromatic rings. The number of rotatable bonds is 3. The van der Waals surface area contributed by atoms with Crippen LogP contribution in [0.2, 0.25) is 5.02 Å². The number of hydrogen-bond donors (Lipinski definition) is 0. The van der Waals surface area contributed by atoms with Gasteiger partial charge in [-0.2, -0.15) is 0 Å². The minimum Gasteiger partial charge on any atom is -0.299 e. The second kappa shape index (κ2) is 5.71. The molecular weight excluding hydrogens is 336 g/mol. The molecule has 3 heteroatoms. The molecule has 0 N–H and O–H groups in total. The Morgan fingerprint density at radius 3 is 2.40 bits per heavy atom. The van der Waals surface area contributed by atoms with Crippen molar-refractivity contribution < 1.29 is 4.79 Å². The van der Waals surface area contributed by atoms with Crippen molar-refractivity contribution >= 4 is 33.3 Å². The molecule has 1 aliphatic carbocycles. The van der Waals surface area contributed by atoms with Crippen molar-refractivity contribution in [1.82, 2.24) is 0 Å². The SMILES string of the molecule is O=C(Cc1ccc(Br)cc1Cl)C1Cc2ccccc2C1. The van der Waals surface area contributed by atoms with Crippen molar-refractivity contribution in [3.63, 3.8) is 0 Å². The number of fused-ring (bicyclic) bond motifs is 1. The van der Waals surface area contributed by atoms with Gasteiger partial charge in [0.25, 0.3) is 0 Å². The number of carbonyl (C=O) groups is 1. The minimum atomic E-state index is 0.104. The summed E-state index contributed by atoms with van der Waals surface area (Å²) in [5, 5.41) is 0.656. The number of carbonyl (C=O) groups excluding carboxylic acids is 1. The van der Waals surface area contributed by atoms with Crippen LogP contribution >= 0.6 is 27.5 Å². The van der Waals surface area contributed by atoms with Gasteiger partial charge in [0.05, 0.1) is 0 Å². The molecule has 0 aromatic heterocycles. The number of hydrogen-bond acceptors (Lipinski definition) is 1. The molecule has 0 saturated heterocycles. The van der Waals surface area contributed by atoms with Gasteiger partial charge in [0.15, 0.2) is 0 Å². The van der Waals surface area contributed by atoms with Crippen molar-refractivity contribution in [3.05, 3.63) is 68.7 Å². The molecule has 0 amide bonds. The molecule has 0 radical (unpaired) electrons. The Bertz CT molecular complexity index is 641. The summed E-state index contributed by atoms with van der Waals surface area (Å²) in [7, 11) is 0. The summed E-state index contributed by atoms with van der Waals surface area (Å²) in [4.78, 5) is 12.5. The monoisotopic (exact) mass is 348 g/mol. The lowest BCUT2D eigenvalue weighted by atomic mass is 9.95. The highest BCUT2D eigenvalue weighted by Gasteiger charge is 2.27. The Kier molecular flexibility index (Phi) is 3.95. The van der Waals surface area contributed by atoms with E-state index in [1.54, 1.807) is 0 Å². The Morgan fingerprint density at radius 2 is 1.80 bits per heavy atom. The topological polar surface area (TPSA) is 17.1 Å². The van der Waals surface area contributed by atoms with Crippen LogP contribution in [0, 0.1) is 5.92 Å². The maximum Gasteiger partial charge on any atom is 0.141 e. The van der Waals surface area contributed by atoms with Gasteiger partial charge in [-0.05, 0) is 41.7 Å². The average Bonchev–Trinajstić information content (AvgIpc) is 2.86. The van der Waals surface area contributed by atoms with E-state index in [-0.39, 0.29) is 11.7 Å². The van der Waals surface area contributed by atoms with Crippen LogP contribution in [0.1, 0.15) is 16.7 Å². The van der Waals surface area contributed by atoms with Gasteiger partial charge in [0.1, 0.15) is 5.78 Å². The van der Waals surface area contributed by atoms with Gasteiger partial charge in [-0.1, -0.05) is 57.9 Å². The second-order valence-corrected chi connectivity index (χ2v) is 6.58. The zero-order chi connectivity index (χ0) is 14.1. The molecule has 0 heterocycles. The van der Waals surface area contributed by atoms with Gasteiger partial charge in [-0.25, -0.2) is 0 Å². The molecule has 2 aromatic carbocycles. The van der Waals surface area contributed by atoms with Crippen LogP contribution in [0.25, 0.3) is 0 Å². The number of ketones is 1. The van der Waals surface area contributed by atoms with E-state index in [0.29, 0.717) is 11.4 Å². The predicted octanol–water partition coefficient (Wildman–Crippen LogP) is 4.63. The molecule has 102 valence electrons. The fourth-order valence-electron chi connectivity index (χ4n) is 2.78. The molecule has 0 aliphatic heterocycles. The molecule has 0 atom stereocenters. The first-order valence-electron chi connectivity index (χ1n) is 6.67. The molecule has 0 unspecified atom stereocenters. The van der Waals surface area contributed by atoms with E-state index >= 15 is 0 Å². The van der Waals surface area contributed by atoms with Crippen LogP contribution in [-0.4, -0.2) is 5.78 Å². The highest BCUT2D eigenvalue weighted by Crippen LogP contribution is 2.29. The van der Waals surface area contributed by atoms with Gasteiger partial charge in [-0.3, -0.25) is 4.79 Å². The van der Waals surface area contributed by atoms with Gasteiger partial charge < -0.3 is 0 Å². The highest BCUT2D eigenvalue weighted by molar-refractivity contribution is 9.10. The molecule has 0 saturated carbocycles. The van der Waals surface area contributed by atoms with Crippen LogP contribution in [0.15, 0.2) is 46.9 Å². The van der Waals surface area contributed by atoms with Crippen molar-refractivity contribution in [2.45, 2.75) is 19.3 Å². The third-order valence-corrected chi connectivity index (χ3v) is 4.73. The smallest absolute Gasteiger partial charge is 0.141 e. The van der Waals surface area contributed by atoms with Crippen molar-refractivity contribution in [1.29, 1.82) is 0 Å². The maximum absolute atomic E-state index is 12.5. The van der Waals surface area contributed by atoms with Crippen LogP contribution in [-0.2, 0) is 24.1 Å². The normalized spacial score (nSPS) is 14.3. The lowest BCUT2D eigenvalue weighted by Crippen LogP contribution is -2.17. The van der Waals surface area contributed by atoms with Crippen LogP contribution in [0.3, 0.4) is 0 Å². The fourth-order valence-corrected chi connectivity index (χ4v) is 3.52. The number of halogens is 2. The van der Waals surface area contributed by atoms with E-state index in [0.717, 1.165) is 22.9 Å². The summed E-state index contributed by atoms with van der Waals surface area (Å²) in [6.07, 6.45) is 2.15. The lowest BCUT2D eigenvalue weighted by Gasteiger charge is -2.09. The zero-order valence-electron chi connectivity index (χ0n) is 10.9. The van der Waals surface area contributed by atoms with Crippen molar-refractivity contribution in [2.24, 2.45) is 5.92 Å². The Labute approximate surface area is 132 Å². The average molecular weight is 350 g/mol. The summed E-state index contributed by atoms with van der Waals surface area (Å²) in [6, 6.07) is 14.0. The minimum absolute atomic E-state index is 0.104. The van der Waals surface area contributed by atoms with E-state index in [1.165, 1.54) is 11.1 Å². The van der Waals surface area contributed by atoms with E-state index in [1.807, 2.05) is 30.3 Å². The molecule has 0 spiro atoms. The largest absolute Gasteiger partial charge is 0.299 e. The summed E-state index contributed by atoms with van der Waals surface area (Å²) >= 11 is 9.57. The Morgan fingerprint density at radius 1 is 1.15 bits per heavy atom. The Hall–Kier alpha value is -1.12. The molecule has 3 rings (SSSR count). The Balaban J connectivity index is 1.72. The van der Waals surface area contributed by atoms with Crippen LogP contribution < -0.4 is 0 Å². The van der Waals surface area contributed by atoms with Gasteiger partial charge in [0, 0.05) is 21.8 Å². The molecular formula is C17H14BrClO. The number of benzene rings is 2. The molecule has 1 aliphatic rings. The third kappa shape index (κ3) is 2.82. The first kappa shape index (κ1) is 13.8. The summed E-state index contributed by atoms with van der Waals surface area (Å²) in [6.45, 7) is 0. The van der Waals surface area contributed by atoms with E-state index in [2.05, 4.69) is 28.1 Å². The third-order valence-electron chi connectivity index (χ3n) is 3.89. The molecule has 0 bridgehead atoms. The van der Waals surface area contributed by atoms with Crippen LogP contribution in [0.4, 0.5) is 0 Å². The van der Waals surface area contributed by atoms with Gasteiger partial charge in [0.2, 0.25) is 0 Å². The highest BCUT2D eigenvalue weighted by atomic mass is 79.9. The summed E-state index contributed by atoms with van der Waals surface area (Å²) in [5.74, 6) is 0.387. The molecule has 0 fully saturated rings. The first-order chi connectivity index (χ1) is 9.63.